The summed E-state index contributed by atoms with van der Waals surface area (Å²) in [5.41, 5.74) is 11.3. The maximum absolute atomic E-state index is 14.1. The smallest absolute Gasteiger partial charge is 0.237 e. The van der Waals surface area contributed by atoms with Crippen LogP contribution >= 0.6 is 0 Å². The molecule has 2 aromatic heterocycles. The second kappa shape index (κ2) is 13.3. The number of rotatable bonds is 8. The molecule has 3 aromatic rings. The molecule has 4 fully saturated rings. The topological polar surface area (TPSA) is 121 Å². The number of nitrogens with one attached hydrogen (secondary N) is 2. The zero-order valence-electron chi connectivity index (χ0n) is 28.5. The Labute approximate surface area is 287 Å². The normalized spacial score (nSPS) is 28.8. The number of fused-ring (bicyclic) bond motifs is 1. The predicted molar refractivity (Wildman–Crippen MR) is 184 cm³/mol. The van der Waals surface area contributed by atoms with Gasteiger partial charge >= 0.3 is 0 Å². The van der Waals surface area contributed by atoms with E-state index in [9.17, 15) is 9.59 Å². The lowest BCUT2D eigenvalue weighted by molar-refractivity contribution is -0.139. The Morgan fingerprint density at radius 1 is 1.06 bits per heavy atom. The van der Waals surface area contributed by atoms with E-state index in [1.165, 1.54) is 11.1 Å². The van der Waals surface area contributed by atoms with E-state index < -0.39 is 0 Å². The first kappa shape index (κ1) is 32.1. The summed E-state index contributed by atoms with van der Waals surface area (Å²) in [7, 11) is 0. The van der Waals surface area contributed by atoms with Crippen molar-refractivity contribution >= 4 is 17.4 Å². The zero-order valence-corrected chi connectivity index (χ0v) is 28.5. The maximum atomic E-state index is 14.1. The van der Waals surface area contributed by atoms with E-state index in [-0.39, 0.29) is 29.5 Å². The summed E-state index contributed by atoms with van der Waals surface area (Å²) in [5, 5.41) is 7.94. The molecule has 1 saturated carbocycles. The predicted octanol–water partition coefficient (Wildman–Crippen LogP) is 3.38. The number of pyridine rings is 1. The fourth-order valence-electron chi connectivity index (χ4n) is 8.83. The molecule has 4 unspecified atom stereocenters. The highest BCUT2D eigenvalue weighted by Crippen LogP contribution is 2.45. The molecule has 3 saturated heterocycles. The molecule has 12 nitrogen and oxygen atoms in total. The lowest BCUT2D eigenvalue weighted by atomic mass is 9.77. The van der Waals surface area contributed by atoms with Gasteiger partial charge in [-0.15, -0.1) is 5.10 Å². The lowest BCUT2D eigenvalue weighted by Crippen LogP contribution is -2.47. The van der Waals surface area contributed by atoms with Gasteiger partial charge in [0.05, 0.1) is 42.2 Å². The number of amides is 2. The fraction of sp³-hybridized carbons (Fsp3) is 0.541. The Balaban J connectivity index is 0.843. The molecule has 0 bridgehead atoms. The summed E-state index contributed by atoms with van der Waals surface area (Å²) < 4.78 is 7.49. The van der Waals surface area contributed by atoms with Gasteiger partial charge < -0.3 is 14.5 Å². The summed E-state index contributed by atoms with van der Waals surface area (Å²) in [5.74, 6) is 1.49. The summed E-state index contributed by atoms with van der Waals surface area (Å²) in [6.07, 6.45) is 13.3. The molecule has 1 spiro atoms. The number of hydrogen-bond acceptors (Lipinski definition) is 9. The number of ether oxygens (including phenoxy) is 1. The second-order valence-electron chi connectivity index (χ2n) is 14.8. The maximum Gasteiger partial charge on any atom is 0.237 e. The minimum atomic E-state index is -0.355. The van der Waals surface area contributed by atoms with Crippen LogP contribution in [0.15, 0.2) is 61.1 Å². The van der Waals surface area contributed by atoms with E-state index in [1.54, 1.807) is 10.9 Å². The molecular weight excluding hydrogens is 618 g/mol. The van der Waals surface area contributed by atoms with Gasteiger partial charge in [0, 0.05) is 50.5 Å². The van der Waals surface area contributed by atoms with Crippen molar-refractivity contribution in [2.45, 2.75) is 76.6 Å². The van der Waals surface area contributed by atoms with Crippen LogP contribution in [-0.4, -0.2) is 104 Å². The summed E-state index contributed by atoms with van der Waals surface area (Å²) in [6, 6.07) is 13.2. The molecule has 0 radical (unpaired) electrons. The van der Waals surface area contributed by atoms with Crippen LogP contribution in [0.3, 0.4) is 0 Å². The first-order valence-corrected chi connectivity index (χ1v) is 18.0. The van der Waals surface area contributed by atoms with Gasteiger partial charge in [0.2, 0.25) is 17.7 Å². The minimum Gasteiger partial charge on any atom is -0.475 e. The van der Waals surface area contributed by atoms with Crippen molar-refractivity contribution < 1.29 is 14.3 Å². The quantitative estimate of drug-likeness (QED) is 0.373. The first-order valence-electron chi connectivity index (χ1n) is 18.0. The number of carbonyl (C=O) groups excluding carboxylic acids is 2. The van der Waals surface area contributed by atoms with Crippen molar-refractivity contribution in [1.29, 1.82) is 0 Å². The van der Waals surface area contributed by atoms with Crippen molar-refractivity contribution in [3.63, 3.8) is 0 Å². The monoisotopic (exact) mass is 665 g/mol. The lowest BCUT2D eigenvalue weighted by Gasteiger charge is -2.38. The molecule has 258 valence electrons. The van der Waals surface area contributed by atoms with Crippen LogP contribution in [0, 0.1) is 11.3 Å². The van der Waals surface area contributed by atoms with E-state index in [0.29, 0.717) is 49.9 Å². The third kappa shape index (κ3) is 6.37. The molecule has 12 heteroatoms. The van der Waals surface area contributed by atoms with Gasteiger partial charge in [0.25, 0.3) is 0 Å². The Kier molecular flexibility index (Phi) is 8.71. The number of aromatic nitrogens is 4. The molecule has 4 aliphatic heterocycles. The van der Waals surface area contributed by atoms with Gasteiger partial charge in [-0.25, -0.2) is 15.1 Å². The van der Waals surface area contributed by atoms with Crippen LogP contribution in [0.1, 0.15) is 69.5 Å². The van der Waals surface area contributed by atoms with E-state index in [4.69, 9.17) is 4.74 Å². The van der Waals surface area contributed by atoms with Crippen molar-refractivity contribution in [1.82, 2.24) is 45.5 Å². The molecule has 2 amide bonds. The number of likely N-dealkylation sites (tertiary alicyclic amines) is 2. The van der Waals surface area contributed by atoms with Crippen LogP contribution in [0.2, 0.25) is 0 Å². The Bertz CT molecular complexity index is 1680. The van der Waals surface area contributed by atoms with Crippen LogP contribution in [0.4, 0.5) is 0 Å². The van der Waals surface area contributed by atoms with Crippen LogP contribution in [0.5, 0.6) is 5.88 Å². The van der Waals surface area contributed by atoms with Gasteiger partial charge in [-0.1, -0.05) is 29.5 Å². The van der Waals surface area contributed by atoms with Crippen LogP contribution < -0.4 is 15.6 Å². The van der Waals surface area contributed by atoms with Gasteiger partial charge in [0.15, 0.2) is 0 Å². The van der Waals surface area contributed by atoms with Gasteiger partial charge in [0.1, 0.15) is 0 Å². The second-order valence-corrected chi connectivity index (χ2v) is 14.8. The van der Waals surface area contributed by atoms with Crippen molar-refractivity contribution in [2.24, 2.45) is 11.3 Å². The van der Waals surface area contributed by atoms with E-state index in [0.717, 1.165) is 62.9 Å². The van der Waals surface area contributed by atoms with Crippen LogP contribution in [-0.2, 0) is 9.59 Å². The highest BCUT2D eigenvalue weighted by atomic mass is 16.5. The SMILES string of the molecule is CC(C)Oc1ccc(C2NNC3CCC(N4CC[C@]5(CCN(CC(=O)N6CC=C(c7ccc(-n8ccnn8)cc7)CC6)C5)C4=O)CC32)cn1. The van der Waals surface area contributed by atoms with Crippen molar-refractivity contribution in [3.8, 4) is 11.6 Å². The van der Waals surface area contributed by atoms with Gasteiger partial charge in [-0.2, -0.15) is 0 Å². The molecule has 49 heavy (non-hydrogen) atoms. The number of hydrazine groups is 1. The number of nitrogens with zero attached hydrogens (tertiary/aromatic N) is 7. The number of hydrogen-bond donors (Lipinski definition) is 2. The Morgan fingerprint density at radius 2 is 1.92 bits per heavy atom. The van der Waals surface area contributed by atoms with Crippen molar-refractivity contribution in [3.05, 3.63) is 72.2 Å². The fourth-order valence-corrected chi connectivity index (χ4v) is 8.83. The number of carbonyl (C=O) groups is 2. The standard InChI is InChI=1S/C37H47N9O3/c1-25(2)49-33-10-5-28(22-38-33)35-31-21-30(8-9-32(31)40-41-35)45-19-14-37(36(45)48)13-18-43(24-37)23-34(47)44-16-11-27(12-17-44)26-3-6-29(7-4-26)46-20-15-39-42-46/h3-7,10-11,15,20,22,25,30-32,35,40-41H,8-9,12-14,16-19,21,23-24H2,1-2H3/t30?,31?,32?,35?,37-/m0/s1. The van der Waals surface area contributed by atoms with Gasteiger partial charge in [-0.05, 0) is 93.7 Å². The summed E-state index contributed by atoms with van der Waals surface area (Å²) in [6.45, 7) is 8.01. The largest absolute Gasteiger partial charge is 0.475 e. The average Bonchev–Trinajstić information content (AvgIpc) is 3.94. The Hall–Kier alpha value is -4.13. The van der Waals surface area contributed by atoms with Gasteiger partial charge in [-0.3, -0.25) is 19.9 Å². The highest BCUT2D eigenvalue weighted by Gasteiger charge is 2.53. The average molecular weight is 666 g/mol. The third-order valence-corrected chi connectivity index (χ3v) is 11.5. The molecule has 1 aliphatic carbocycles. The first-order chi connectivity index (χ1) is 23.8. The molecule has 2 N–H and O–H groups in total. The van der Waals surface area contributed by atoms with E-state index in [1.807, 2.05) is 49.3 Å². The van der Waals surface area contributed by atoms with Crippen molar-refractivity contribution in [2.75, 3.05) is 39.3 Å². The zero-order chi connectivity index (χ0) is 33.5. The van der Waals surface area contributed by atoms with E-state index >= 15 is 0 Å². The summed E-state index contributed by atoms with van der Waals surface area (Å²) >= 11 is 0. The molecule has 8 rings (SSSR count). The minimum absolute atomic E-state index is 0.0884. The van der Waals surface area contributed by atoms with Crippen LogP contribution in [0.25, 0.3) is 11.3 Å². The molecule has 6 heterocycles. The third-order valence-electron chi connectivity index (χ3n) is 11.5. The molecular formula is C37H47N9O3. The molecule has 1 aromatic carbocycles. The highest BCUT2D eigenvalue weighted by molar-refractivity contribution is 5.86. The molecule has 5 atom stereocenters. The Morgan fingerprint density at radius 3 is 2.65 bits per heavy atom. The van der Waals surface area contributed by atoms with E-state index in [2.05, 4.69) is 60.2 Å². The number of benzene rings is 1. The molecule has 5 aliphatic rings. The summed E-state index contributed by atoms with van der Waals surface area (Å²) in [4.78, 5) is 38.5.